The van der Waals surface area contributed by atoms with Gasteiger partial charge < -0.3 is 10.4 Å². The van der Waals surface area contributed by atoms with Gasteiger partial charge in [-0.3, -0.25) is 4.79 Å². The molecule has 0 aromatic heterocycles. The van der Waals surface area contributed by atoms with Crippen LogP contribution in [0, 0.1) is 6.92 Å². The first-order valence-corrected chi connectivity index (χ1v) is 6.27. The summed E-state index contributed by atoms with van der Waals surface area (Å²) in [6.45, 7) is 1.93. The normalized spacial score (nSPS) is 10.2. The average molecular weight is 276 g/mol. The Morgan fingerprint density at radius 3 is 2.74 bits per heavy atom. The summed E-state index contributed by atoms with van der Waals surface area (Å²) in [6.07, 6.45) is 0.108. The zero-order chi connectivity index (χ0) is 13.8. The second-order valence-electron chi connectivity index (χ2n) is 4.34. The molecule has 0 heterocycles. The molecule has 0 saturated heterocycles. The fraction of sp³-hybridized carbons (Fsp3) is 0.133. The molecule has 19 heavy (non-hydrogen) atoms. The summed E-state index contributed by atoms with van der Waals surface area (Å²) in [5, 5.41) is 12.9. The van der Waals surface area contributed by atoms with Crippen LogP contribution in [0.4, 0.5) is 5.69 Å². The van der Waals surface area contributed by atoms with Gasteiger partial charge in [-0.15, -0.1) is 0 Å². The standard InChI is InChI=1S/C15H14ClNO2/c1-10-6-7-12(16)13(8-10)17-15(19)9-11-4-2-3-5-14(11)18/h2-8,18H,9H2,1H3,(H,17,19). The molecule has 0 unspecified atom stereocenters. The number of amides is 1. The van der Waals surface area contributed by atoms with Crippen molar-refractivity contribution in [3.63, 3.8) is 0 Å². The van der Waals surface area contributed by atoms with Crippen LogP contribution >= 0.6 is 11.6 Å². The Hall–Kier alpha value is -2.00. The number of para-hydroxylation sites is 1. The lowest BCUT2D eigenvalue weighted by molar-refractivity contribution is -0.115. The van der Waals surface area contributed by atoms with Gasteiger partial charge in [0.25, 0.3) is 0 Å². The van der Waals surface area contributed by atoms with Crippen molar-refractivity contribution in [2.75, 3.05) is 5.32 Å². The highest BCUT2D eigenvalue weighted by molar-refractivity contribution is 6.33. The first kappa shape index (κ1) is 13.4. The van der Waals surface area contributed by atoms with E-state index in [4.69, 9.17) is 11.6 Å². The van der Waals surface area contributed by atoms with Crippen LogP contribution in [0.5, 0.6) is 5.75 Å². The lowest BCUT2D eigenvalue weighted by atomic mass is 10.1. The van der Waals surface area contributed by atoms with E-state index in [1.807, 2.05) is 19.1 Å². The molecule has 98 valence electrons. The Kier molecular flexibility index (Phi) is 4.07. The van der Waals surface area contributed by atoms with Gasteiger partial charge in [-0.05, 0) is 30.7 Å². The van der Waals surface area contributed by atoms with E-state index < -0.39 is 0 Å². The predicted molar refractivity (Wildman–Crippen MR) is 76.6 cm³/mol. The van der Waals surface area contributed by atoms with Crippen LogP contribution in [-0.2, 0) is 11.2 Å². The SMILES string of the molecule is Cc1ccc(Cl)c(NC(=O)Cc2ccccc2O)c1. The lowest BCUT2D eigenvalue weighted by Gasteiger charge is -2.09. The Bertz CT molecular complexity index is 611. The van der Waals surface area contributed by atoms with Crippen LogP contribution in [-0.4, -0.2) is 11.0 Å². The summed E-state index contributed by atoms with van der Waals surface area (Å²) in [7, 11) is 0. The molecule has 2 N–H and O–H groups in total. The first-order chi connectivity index (χ1) is 9.06. The van der Waals surface area contributed by atoms with E-state index in [1.54, 1.807) is 30.3 Å². The lowest BCUT2D eigenvalue weighted by Crippen LogP contribution is -2.14. The number of carbonyl (C=O) groups is 1. The van der Waals surface area contributed by atoms with Crippen LogP contribution in [0.1, 0.15) is 11.1 Å². The minimum absolute atomic E-state index is 0.108. The highest BCUT2D eigenvalue weighted by Crippen LogP contribution is 2.23. The van der Waals surface area contributed by atoms with E-state index in [-0.39, 0.29) is 18.1 Å². The second kappa shape index (κ2) is 5.76. The molecule has 2 rings (SSSR count). The number of hydrogen-bond donors (Lipinski definition) is 2. The molecule has 0 saturated carbocycles. The van der Waals surface area contributed by atoms with E-state index in [2.05, 4.69) is 5.32 Å². The van der Waals surface area contributed by atoms with Crippen molar-refractivity contribution in [2.45, 2.75) is 13.3 Å². The summed E-state index contributed by atoms with van der Waals surface area (Å²) in [5.41, 5.74) is 2.19. The Morgan fingerprint density at radius 1 is 1.26 bits per heavy atom. The number of aromatic hydroxyl groups is 1. The highest BCUT2D eigenvalue weighted by atomic mass is 35.5. The van der Waals surface area contributed by atoms with Crippen molar-refractivity contribution in [3.05, 3.63) is 58.6 Å². The van der Waals surface area contributed by atoms with E-state index in [0.29, 0.717) is 16.3 Å². The first-order valence-electron chi connectivity index (χ1n) is 5.89. The Morgan fingerprint density at radius 2 is 2.00 bits per heavy atom. The third-order valence-electron chi connectivity index (χ3n) is 2.74. The van der Waals surface area contributed by atoms with Crippen molar-refractivity contribution >= 4 is 23.2 Å². The maximum atomic E-state index is 11.9. The van der Waals surface area contributed by atoms with Crippen LogP contribution in [0.3, 0.4) is 0 Å². The molecule has 0 aliphatic rings. The molecule has 0 radical (unpaired) electrons. The van der Waals surface area contributed by atoms with Gasteiger partial charge in [0, 0.05) is 5.56 Å². The number of nitrogens with one attached hydrogen (secondary N) is 1. The Balaban J connectivity index is 2.10. The zero-order valence-electron chi connectivity index (χ0n) is 10.5. The van der Waals surface area contributed by atoms with Gasteiger partial charge in [0.05, 0.1) is 17.1 Å². The van der Waals surface area contributed by atoms with Gasteiger partial charge in [0.15, 0.2) is 0 Å². The number of rotatable bonds is 3. The topological polar surface area (TPSA) is 49.3 Å². The molecule has 0 aliphatic carbocycles. The van der Waals surface area contributed by atoms with Crippen molar-refractivity contribution in [2.24, 2.45) is 0 Å². The molecule has 3 nitrogen and oxygen atoms in total. The van der Waals surface area contributed by atoms with Crippen LogP contribution in [0.25, 0.3) is 0 Å². The van der Waals surface area contributed by atoms with Crippen LogP contribution in [0.2, 0.25) is 5.02 Å². The maximum absolute atomic E-state index is 11.9. The van der Waals surface area contributed by atoms with Gasteiger partial charge in [-0.25, -0.2) is 0 Å². The third-order valence-corrected chi connectivity index (χ3v) is 3.07. The summed E-state index contributed by atoms with van der Waals surface area (Å²) >= 11 is 6.01. The average Bonchev–Trinajstić information content (AvgIpc) is 2.37. The van der Waals surface area contributed by atoms with Crippen molar-refractivity contribution in [1.82, 2.24) is 0 Å². The molecular weight excluding hydrogens is 262 g/mol. The molecule has 4 heteroatoms. The van der Waals surface area contributed by atoms with Crippen molar-refractivity contribution in [1.29, 1.82) is 0 Å². The predicted octanol–water partition coefficient (Wildman–Crippen LogP) is 3.54. The molecule has 0 fully saturated rings. The minimum atomic E-state index is -0.214. The summed E-state index contributed by atoms with van der Waals surface area (Å²) < 4.78 is 0. The molecular formula is C15H14ClNO2. The number of carbonyl (C=O) groups excluding carboxylic acids is 1. The van der Waals surface area contributed by atoms with Gasteiger partial charge in [-0.1, -0.05) is 35.9 Å². The molecule has 0 spiro atoms. The number of phenols is 1. The van der Waals surface area contributed by atoms with Gasteiger partial charge in [-0.2, -0.15) is 0 Å². The van der Waals surface area contributed by atoms with Crippen LogP contribution < -0.4 is 5.32 Å². The minimum Gasteiger partial charge on any atom is -0.508 e. The smallest absolute Gasteiger partial charge is 0.228 e. The largest absolute Gasteiger partial charge is 0.508 e. The maximum Gasteiger partial charge on any atom is 0.228 e. The van der Waals surface area contributed by atoms with Crippen molar-refractivity contribution in [3.8, 4) is 5.75 Å². The quantitative estimate of drug-likeness (QED) is 0.900. The van der Waals surface area contributed by atoms with Gasteiger partial charge in [0.1, 0.15) is 5.75 Å². The summed E-state index contributed by atoms with van der Waals surface area (Å²) in [6, 6.07) is 12.2. The zero-order valence-corrected chi connectivity index (χ0v) is 11.2. The molecule has 0 aliphatic heterocycles. The summed E-state index contributed by atoms with van der Waals surface area (Å²) in [5.74, 6) is -0.0954. The fourth-order valence-corrected chi connectivity index (χ4v) is 1.93. The molecule has 0 bridgehead atoms. The number of phenolic OH excluding ortho intramolecular Hbond substituents is 1. The summed E-state index contributed by atoms with van der Waals surface area (Å²) in [4.78, 5) is 11.9. The van der Waals surface area contributed by atoms with E-state index in [9.17, 15) is 9.90 Å². The third kappa shape index (κ3) is 3.48. The van der Waals surface area contributed by atoms with Gasteiger partial charge in [0.2, 0.25) is 5.91 Å². The number of benzene rings is 2. The number of anilines is 1. The van der Waals surface area contributed by atoms with E-state index in [1.165, 1.54) is 0 Å². The molecule has 1 amide bonds. The monoisotopic (exact) mass is 275 g/mol. The van der Waals surface area contributed by atoms with Crippen molar-refractivity contribution < 1.29 is 9.90 Å². The van der Waals surface area contributed by atoms with E-state index in [0.717, 1.165) is 5.56 Å². The Labute approximate surface area is 116 Å². The molecule has 0 atom stereocenters. The molecule has 2 aromatic carbocycles. The fourth-order valence-electron chi connectivity index (χ4n) is 1.76. The number of aryl methyl sites for hydroxylation is 1. The van der Waals surface area contributed by atoms with Crippen LogP contribution in [0.15, 0.2) is 42.5 Å². The number of halogens is 1. The van der Waals surface area contributed by atoms with Gasteiger partial charge >= 0.3 is 0 Å². The second-order valence-corrected chi connectivity index (χ2v) is 4.74. The highest BCUT2D eigenvalue weighted by Gasteiger charge is 2.09. The van der Waals surface area contributed by atoms with E-state index >= 15 is 0 Å². The molecule has 2 aromatic rings. The number of hydrogen-bond acceptors (Lipinski definition) is 2.